The quantitative estimate of drug-likeness (QED) is 0.695. The molecule has 1 amide bonds. The number of aliphatic hydroxyl groups is 1. The highest BCUT2D eigenvalue weighted by Crippen LogP contribution is 2.43. The van der Waals surface area contributed by atoms with Crippen LogP contribution in [0.4, 0.5) is 5.69 Å². The first-order valence-corrected chi connectivity index (χ1v) is 8.85. The van der Waals surface area contributed by atoms with Crippen molar-refractivity contribution in [2.45, 2.75) is 4.90 Å². The van der Waals surface area contributed by atoms with Gasteiger partial charge in [-0.3, -0.25) is 4.79 Å². The van der Waals surface area contributed by atoms with Gasteiger partial charge in [0.25, 0.3) is 5.70 Å². The molecule has 3 rings (SSSR count). The average Bonchev–Trinajstić information content (AvgIpc) is 2.60. The van der Waals surface area contributed by atoms with Gasteiger partial charge in [-0.05, 0) is 24.3 Å². The normalized spacial score (nSPS) is 21.1. The van der Waals surface area contributed by atoms with Crippen LogP contribution in [-0.4, -0.2) is 37.6 Å². The number of carbonyl (C=O) groups excluding carboxylic acids is 1. The molecular formula is C17H15N2O6S+. The summed E-state index contributed by atoms with van der Waals surface area (Å²) in [5.74, 6) is -2.82. The molecule has 0 radical (unpaired) electrons. The van der Waals surface area contributed by atoms with Crippen LogP contribution < -0.4 is 9.62 Å². The van der Waals surface area contributed by atoms with Crippen molar-refractivity contribution in [2.24, 2.45) is 5.73 Å². The highest BCUT2D eigenvalue weighted by Gasteiger charge is 2.54. The second-order valence-corrected chi connectivity index (χ2v) is 7.93. The summed E-state index contributed by atoms with van der Waals surface area (Å²) in [7, 11) is -3.02. The van der Waals surface area contributed by atoms with Crippen LogP contribution in [0.25, 0.3) is 5.76 Å². The van der Waals surface area contributed by atoms with Crippen molar-refractivity contribution < 1.29 is 28.2 Å². The molecule has 0 bridgehead atoms. The summed E-state index contributed by atoms with van der Waals surface area (Å²) in [6.07, 6.45) is 0. The molecule has 0 aliphatic carbocycles. The van der Waals surface area contributed by atoms with E-state index in [0.29, 0.717) is 0 Å². The number of aromatic carboxylic acids is 1. The zero-order valence-electron chi connectivity index (χ0n) is 13.6. The number of likely N-dealkylation sites (N-methyl/N-ethyl adjacent to an activating group) is 1. The smallest absolute Gasteiger partial charge is 0.337 e. The van der Waals surface area contributed by atoms with Crippen LogP contribution in [0.2, 0.25) is 0 Å². The molecule has 134 valence electrons. The van der Waals surface area contributed by atoms with Gasteiger partial charge >= 0.3 is 21.9 Å². The number of fused-ring (bicyclic) bond motifs is 1. The van der Waals surface area contributed by atoms with E-state index in [1.807, 2.05) is 0 Å². The molecular weight excluding hydrogens is 360 g/mol. The van der Waals surface area contributed by atoms with Gasteiger partial charge in [0.15, 0.2) is 11.4 Å². The number of hydrogen-bond acceptors (Lipinski definition) is 5. The topological polar surface area (TPSA) is 135 Å². The molecule has 1 heterocycles. The van der Waals surface area contributed by atoms with Crippen LogP contribution in [0.15, 0.2) is 59.1 Å². The molecule has 0 saturated heterocycles. The van der Waals surface area contributed by atoms with E-state index in [1.165, 1.54) is 55.6 Å². The molecule has 1 unspecified atom stereocenters. The van der Waals surface area contributed by atoms with Crippen LogP contribution in [0.5, 0.6) is 0 Å². The molecule has 1 aliphatic heterocycles. The minimum absolute atomic E-state index is 0.0148. The lowest BCUT2D eigenvalue weighted by atomic mass is 10.1. The molecule has 0 saturated carbocycles. The number of sulfonamides is 1. The summed E-state index contributed by atoms with van der Waals surface area (Å²) in [5, 5.41) is 19.6. The molecule has 0 fully saturated rings. The maximum absolute atomic E-state index is 13.3. The summed E-state index contributed by atoms with van der Waals surface area (Å²) in [6, 6.07) is 10.7. The molecule has 1 atom stereocenters. The fourth-order valence-electron chi connectivity index (χ4n) is 3.02. The maximum Gasteiger partial charge on any atom is 0.337 e. The Balaban J connectivity index is 2.39. The van der Waals surface area contributed by atoms with E-state index in [1.54, 1.807) is 0 Å². The van der Waals surface area contributed by atoms with Gasteiger partial charge in [0.05, 0.1) is 12.6 Å². The third kappa shape index (κ3) is 2.21. The van der Waals surface area contributed by atoms with E-state index in [2.05, 4.69) is 0 Å². The molecule has 4 N–H and O–H groups in total. The third-order valence-corrected chi connectivity index (χ3v) is 6.66. The number of quaternary nitrogens is 1. The number of aliphatic hydroxyl groups excluding tert-OH is 1. The van der Waals surface area contributed by atoms with Crippen LogP contribution in [-0.2, 0) is 14.8 Å². The van der Waals surface area contributed by atoms with Crippen molar-refractivity contribution in [3.63, 3.8) is 0 Å². The lowest BCUT2D eigenvalue weighted by Gasteiger charge is -2.36. The number of carbonyl (C=O) groups is 2. The number of amides is 1. The number of benzene rings is 2. The van der Waals surface area contributed by atoms with Gasteiger partial charge in [0.2, 0.25) is 0 Å². The standard InChI is InChI=1S/C17H14N2O6S/c1-19(11-8-6-10(7-9-11)17(22)23)14(16(18)21)15(20)12-4-2-3-5-13(12)26(19,24)25/h2-9H,1H3,(H3-,18,20,21,22,23)/p+1. The van der Waals surface area contributed by atoms with Crippen molar-refractivity contribution >= 4 is 33.3 Å². The van der Waals surface area contributed by atoms with Crippen LogP contribution in [0.3, 0.4) is 0 Å². The Bertz CT molecular complexity index is 1070. The summed E-state index contributed by atoms with van der Waals surface area (Å²) in [4.78, 5) is 22.9. The number of hydrogen-bond donors (Lipinski definition) is 3. The van der Waals surface area contributed by atoms with Gasteiger partial charge in [-0.2, -0.15) is 8.42 Å². The van der Waals surface area contributed by atoms with E-state index in [-0.39, 0.29) is 21.7 Å². The minimum Gasteiger partial charge on any atom is -0.502 e. The lowest BCUT2D eigenvalue weighted by Crippen LogP contribution is -2.55. The second-order valence-electron chi connectivity index (χ2n) is 5.81. The van der Waals surface area contributed by atoms with E-state index in [9.17, 15) is 23.1 Å². The number of primary amides is 1. The number of nitrogens with zero attached hydrogens (tertiary/aromatic N) is 1. The van der Waals surface area contributed by atoms with Crippen molar-refractivity contribution in [3.8, 4) is 0 Å². The summed E-state index contributed by atoms with van der Waals surface area (Å²) in [5.41, 5.74) is 4.87. The third-order valence-electron chi connectivity index (χ3n) is 4.39. The first kappa shape index (κ1) is 17.6. The van der Waals surface area contributed by atoms with E-state index >= 15 is 0 Å². The predicted octanol–water partition coefficient (Wildman–Crippen LogP) is 1.44. The molecule has 0 aromatic heterocycles. The molecule has 0 spiro atoms. The molecule has 9 heteroatoms. The maximum atomic E-state index is 13.3. The van der Waals surface area contributed by atoms with Crippen molar-refractivity contribution in [2.75, 3.05) is 7.05 Å². The average molecular weight is 375 g/mol. The molecule has 2 aromatic rings. The summed E-state index contributed by atoms with van der Waals surface area (Å²) >= 11 is 0. The Morgan fingerprint density at radius 3 is 2.15 bits per heavy atom. The van der Waals surface area contributed by atoms with Crippen LogP contribution in [0.1, 0.15) is 15.9 Å². The fraction of sp³-hybridized carbons (Fsp3) is 0.0588. The monoisotopic (exact) mass is 375 g/mol. The van der Waals surface area contributed by atoms with Crippen molar-refractivity contribution in [1.82, 2.24) is 3.89 Å². The predicted molar refractivity (Wildman–Crippen MR) is 93.5 cm³/mol. The lowest BCUT2D eigenvalue weighted by molar-refractivity contribution is -0.115. The van der Waals surface area contributed by atoms with Gasteiger partial charge in [-0.1, -0.05) is 12.1 Å². The van der Waals surface area contributed by atoms with Gasteiger partial charge in [0, 0.05) is 17.7 Å². The molecule has 2 aromatic carbocycles. The van der Waals surface area contributed by atoms with Crippen molar-refractivity contribution in [1.29, 1.82) is 0 Å². The Morgan fingerprint density at radius 1 is 1.04 bits per heavy atom. The Kier molecular flexibility index (Phi) is 3.86. The van der Waals surface area contributed by atoms with Gasteiger partial charge in [-0.25, -0.2) is 4.79 Å². The van der Waals surface area contributed by atoms with Crippen LogP contribution in [0, 0.1) is 0 Å². The van der Waals surface area contributed by atoms with E-state index < -0.39 is 37.2 Å². The summed E-state index contributed by atoms with van der Waals surface area (Å²) < 4.78 is 25.5. The van der Waals surface area contributed by atoms with Gasteiger partial charge < -0.3 is 15.9 Å². The van der Waals surface area contributed by atoms with E-state index in [0.717, 1.165) is 0 Å². The highest BCUT2D eigenvalue weighted by atomic mass is 32.2. The highest BCUT2D eigenvalue weighted by molar-refractivity contribution is 7.91. The molecule has 8 nitrogen and oxygen atoms in total. The number of carboxylic acid groups (broad SMARTS) is 1. The zero-order valence-corrected chi connectivity index (χ0v) is 14.4. The molecule has 1 aliphatic rings. The number of nitrogens with two attached hydrogens (primary N) is 1. The zero-order chi connectivity index (χ0) is 19.3. The summed E-state index contributed by atoms with van der Waals surface area (Å²) in [6.45, 7) is 0. The SMILES string of the molecule is C[N+]1(c2ccc(C(=O)O)cc2)C(C(N)=O)=C(O)c2ccccc2S1(=O)=O. The Labute approximate surface area is 149 Å². The van der Waals surface area contributed by atoms with E-state index in [4.69, 9.17) is 10.8 Å². The number of rotatable bonds is 3. The van der Waals surface area contributed by atoms with Gasteiger partial charge in [-0.15, -0.1) is 3.89 Å². The van der Waals surface area contributed by atoms with Crippen LogP contribution >= 0.6 is 0 Å². The minimum atomic E-state index is -4.22. The fourth-order valence-corrected chi connectivity index (χ4v) is 4.92. The van der Waals surface area contributed by atoms with Crippen molar-refractivity contribution in [3.05, 3.63) is 65.4 Å². The second kappa shape index (κ2) is 5.68. The van der Waals surface area contributed by atoms with Gasteiger partial charge in [0.1, 0.15) is 4.90 Å². The first-order chi connectivity index (χ1) is 12.1. The molecule has 26 heavy (non-hydrogen) atoms. The largest absolute Gasteiger partial charge is 0.502 e. The number of carboxylic acids is 1. The Hall–Kier alpha value is -3.17. The Morgan fingerprint density at radius 2 is 1.62 bits per heavy atom. The first-order valence-electron chi connectivity index (χ1n) is 7.41.